The summed E-state index contributed by atoms with van der Waals surface area (Å²) in [6, 6.07) is 8.05. The van der Waals surface area contributed by atoms with Gasteiger partial charge in [-0.3, -0.25) is 9.59 Å². The Morgan fingerprint density at radius 1 is 1.22 bits per heavy atom. The number of morpholine rings is 1. The van der Waals surface area contributed by atoms with Crippen LogP contribution in [0.25, 0.3) is 0 Å². The molecule has 0 spiro atoms. The minimum absolute atomic E-state index is 0.0310. The first-order valence-corrected chi connectivity index (χ1v) is 8.66. The van der Waals surface area contributed by atoms with Crippen LogP contribution in [0.3, 0.4) is 0 Å². The molecule has 0 saturated carbocycles. The van der Waals surface area contributed by atoms with Crippen LogP contribution in [0.15, 0.2) is 36.4 Å². The first-order chi connectivity index (χ1) is 12.9. The summed E-state index contributed by atoms with van der Waals surface area (Å²) in [6.45, 7) is 1.73. The fourth-order valence-electron chi connectivity index (χ4n) is 2.97. The maximum atomic E-state index is 14.2. The molecule has 2 aromatic rings. The van der Waals surface area contributed by atoms with Crippen LogP contribution in [-0.2, 0) is 9.53 Å². The minimum Gasteiger partial charge on any atom is -0.370 e. The smallest absolute Gasteiger partial charge is 0.257 e. The third-order valence-electron chi connectivity index (χ3n) is 4.19. The van der Waals surface area contributed by atoms with Crippen molar-refractivity contribution in [1.82, 2.24) is 4.90 Å². The summed E-state index contributed by atoms with van der Waals surface area (Å²) in [5, 5.41) is 2.71. The van der Waals surface area contributed by atoms with Gasteiger partial charge >= 0.3 is 0 Å². The standard InChI is InChI=1S/C19H17ClF2N2O3/c1-11(25)23-12-5-6-15(21)13(9-12)19(26)24-7-8-27-17(10-24)18-14(20)3-2-4-16(18)22/h2-6,9,17H,7-8,10H2,1H3,(H,23,25). The maximum Gasteiger partial charge on any atom is 0.257 e. The molecule has 1 N–H and O–H groups in total. The quantitative estimate of drug-likeness (QED) is 0.861. The van der Waals surface area contributed by atoms with Gasteiger partial charge in [-0.1, -0.05) is 17.7 Å². The first-order valence-electron chi connectivity index (χ1n) is 8.28. The molecule has 5 nitrogen and oxygen atoms in total. The summed E-state index contributed by atoms with van der Waals surface area (Å²) < 4.78 is 33.9. The predicted octanol–water partition coefficient (Wildman–Crippen LogP) is 3.79. The molecule has 1 saturated heterocycles. The van der Waals surface area contributed by atoms with Crippen molar-refractivity contribution in [2.75, 3.05) is 25.0 Å². The molecule has 0 aromatic heterocycles. The van der Waals surface area contributed by atoms with Gasteiger partial charge in [0.1, 0.15) is 17.7 Å². The molecule has 1 atom stereocenters. The molecule has 0 aliphatic carbocycles. The van der Waals surface area contributed by atoms with Crippen molar-refractivity contribution in [3.05, 3.63) is 64.2 Å². The van der Waals surface area contributed by atoms with Gasteiger partial charge in [0.05, 0.1) is 18.7 Å². The largest absolute Gasteiger partial charge is 0.370 e. The highest BCUT2D eigenvalue weighted by Gasteiger charge is 2.30. The summed E-state index contributed by atoms with van der Waals surface area (Å²) in [6.07, 6.45) is -0.752. The van der Waals surface area contributed by atoms with Crippen molar-refractivity contribution in [1.29, 1.82) is 0 Å². The maximum absolute atomic E-state index is 14.2. The van der Waals surface area contributed by atoms with Crippen molar-refractivity contribution >= 4 is 29.1 Å². The van der Waals surface area contributed by atoms with Crippen molar-refractivity contribution in [3.8, 4) is 0 Å². The molecule has 1 aliphatic heterocycles. The predicted molar refractivity (Wildman–Crippen MR) is 96.7 cm³/mol. The third kappa shape index (κ3) is 4.26. The molecular formula is C19H17ClF2N2O3. The van der Waals surface area contributed by atoms with Gasteiger partial charge < -0.3 is 15.0 Å². The molecule has 3 rings (SSSR count). The van der Waals surface area contributed by atoms with Crippen LogP contribution < -0.4 is 5.32 Å². The fraction of sp³-hybridized carbons (Fsp3) is 0.263. The number of carbonyl (C=O) groups excluding carboxylic acids is 2. The number of ether oxygens (including phenoxy) is 1. The van der Waals surface area contributed by atoms with Gasteiger partial charge in [0.15, 0.2) is 0 Å². The summed E-state index contributed by atoms with van der Waals surface area (Å²) in [7, 11) is 0. The molecule has 1 fully saturated rings. The van der Waals surface area contributed by atoms with E-state index in [2.05, 4.69) is 5.32 Å². The Labute approximate surface area is 159 Å². The van der Waals surface area contributed by atoms with Crippen LogP contribution >= 0.6 is 11.6 Å². The summed E-state index contributed by atoms with van der Waals surface area (Å²) in [4.78, 5) is 25.4. The molecule has 1 aliphatic rings. The lowest BCUT2D eigenvalue weighted by atomic mass is 10.1. The van der Waals surface area contributed by atoms with E-state index in [0.717, 1.165) is 6.07 Å². The number of anilines is 1. The Kier molecular flexibility index (Phi) is 5.72. The van der Waals surface area contributed by atoms with Gasteiger partial charge in [-0.05, 0) is 30.3 Å². The minimum atomic E-state index is -0.752. The monoisotopic (exact) mass is 394 g/mol. The molecule has 0 bridgehead atoms. The average Bonchev–Trinajstić information content (AvgIpc) is 2.62. The number of rotatable bonds is 3. The van der Waals surface area contributed by atoms with Crippen molar-refractivity contribution < 1.29 is 23.1 Å². The van der Waals surface area contributed by atoms with Crippen LogP contribution in [0.4, 0.5) is 14.5 Å². The highest BCUT2D eigenvalue weighted by molar-refractivity contribution is 6.31. The Hall–Kier alpha value is -2.51. The molecule has 1 unspecified atom stereocenters. The van der Waals surface area contributed by atoms with E-state index in [9.17, 15) is 18.4 Å². The van der Waals surface area contributed by atoms with E-state index >= 15 is 0 Å². The number of halogens is 3. The number of nitrogens with one attached hydrogen (secondary N) is 1. The van der Waals surface area contributed by atoms with Crippen molar-refractivity contribution in [3.63, 3.8) is 0 Å². The SMILES string of the molecule is CC(=O)Nc1ccc(F)c(C(=O)N2CCOC(c3c(F)cccc3Cl)C2)c1. The molecular weight excluding hydrogens is 378 g/mol. The zero-order valence-electron chi connectivity index (χ0n) is 14.5. The van der Waals surface area contributed by atoms with Crippen molar-refractivity contribution in [2.24, 2.45) is 0 Å². The van der Waals surface area contributed by atoms with E-state index in [1.54, 1.807) is 6.07 Å². The lowest BCUT2D eigenvalue weighted by Gasteiger charge is -2.33. The summed E-state index contributed by atoms with van der Waals surface area (Å²) >= 11 is 6.08. The van der Waals surface area contributed by atoms with E-state index in [0.29, 0.717) is 5.69 Å². The molecule has 0 radical (unpaired) electrons. The molecule has 1 heterocycles. The summed E-state index contributed by atoms with van der Waals surface area (Å²) in [5.74, 6) is -2.14. The second kappa shape index (κ2) is 8.02. The Bertz CT molecular complexity index is 871. The molecule has 27 heavy (non-hydrogen) atoms. The normalized spacial score (nSPS) is 16.9. The highest BCUT2D eigenvalue weighted by Crippen LogP contribution is 2.31. The number of amides is 2. The van der Waals surface area contributed by atoms with E-state index < -0.39 is 23.6 Å². The number of hydrogen-bond acceptors (Lipinski definition) is 3. The second-order valence-electron chi connectivity index (χ2n) is 6.12. The van der Waals surface area contributed by atoms with Crippen LogP contribution in [0.2, 0.25) is 5.02 Å². The van der Waals surface area contributed by atoms with Crippen LogP contribution in [0.5, 0.6) is 0 Å². The molecule has 2 amide bonds. The number of carbonyl (C=O) groups is 2. The second-order valence-corrected chi connectivity index (χ2v) is 6.53. The number of hydrogen-bond donors (Lipinski definition) is 1. The zero-order chi connectivity index (χ0) is 19.6. The van der Waals surface area contributed by atoms with Gasteiger partial charge in [0.2, 0.25) is 5.91 Å². The van der Waals surface area contributed by atoms with Gasteiger partial charge in [0.25, 0.3) is 5.91 Å². The van der Waals surface area contributed by atoms with Gasteiger partial charge in [-0.2, -0.15) is 0 Å². The van der Waals surface area contributed by atoms with E-state index in [1.165, 1.54) is 36.1 Å². The van der Waals surface area contributed by atoms with Gasteiger partial charge in [-0.25, -0.2) is 8.78 Å². The van der Waals surface area contributed by atoms with E-state index in [1.807, 2.05) is 0 Å². The van der Waals surface area contributed by atoms with Crippen LogP contribution in [0.1, 0.15) is 28.9 Å². The third-order valence-corrected chi connectivity index (χ3v) is 4.52. The summed E-state index contributed by atoms with van der Waals surface area (Å²) in [5.41, 5.74) is 0.305. The van der Waals surface area contributed by atoms with Gasteiger partial charge in [0, 0.05) is 29.7 Å². The lowest BCUT2D eigenvalue weighted by Crippen LogP contribution is -2.42. The average molecular weight is 395 g/mol. The van der Waals surface area contributed by atoms with Crippen LogP contribution in [0, 0.1) is 11.6 Å². The first kappa shape index (κ1) is 19.3. The topological polar surface area (TPSA) is 58.6 Å². The zero-order valence-corrected chi connectivity index (χ0v) is 15.2. The highest BCUT2D eigenvalue weighted by atomic mass is 35.5. The Balaban J connectivity index is 1.84. The van der Waals surface area contributed by atoms with E-state index in [4.69, 9.17) is 16.3 Å². The molecule has 8 heteroatoms. The molecule has 2 aromatic carbocycles. The van der Waals surface area contributed by atoms with Crippen LogP contribution in [-0.4, -0.2) is 36.4 Å². The van der Waals surface area contributed by atoms with Gasteiger partial charge in [-0.15, -0.1) is 0 Å². The number of benzene rings is 2. The molecule has 142 valence electrons. The lowest BCUT2D eigenvalue weighted by molar-refractivity contribution is -0.114. The Morgan fingerprint density at radius 3 is 2.70 bits per heavy atom. The van der Waals surface area contributed by atoms with E-state index in [-0.39, 0.29) is 41.8 Å². The van der Waals surface area contributed by atoms with Crippen molar-refractivity contribution in [2.45, 2.75) is 13.0 Å². The fourth-order valence-corrected chi connectivity index (χ4v) is 3.25. The Morgan fingerprint density at radius 2 is 2.00 bits per heavy atom. The number of nitrogens with zero attached hydrogens (tertiary/aromatic N) is 1.